The van der Waals surface area contributed by atoms with E-state index in [0.717, 1.165) is 0 Å². The van der Waals surface area contributed by atoms with Crippen LogP contribution < -0.4 is 14.4 Å². The number of hydrogen-bond donors (Lipinski definition) is 0. The Morgan fingerprint density at radius 2 is 1.48 bits per heavy atom. The predicted octanol–water partition coefficient (Wildman–Crippen LogP) is 2.56. The van der Waals surface area contributed by atoms with E-state index in [0.29, 0.717) is 28.4 Å². The van der Waals surface area contributed by atoms with Gasteiger partial charge in [-0.3, -0.25) is 14.5 Å². The minimum absolute atomic E-state index is 0.357. The fourth-order valence-electron chi connectivity index (χ4n) is 2.33. The zero-order valence-electron chi connectivity index (χ0n) is 11.6. The van der Waals surface area contributed by atoms with Crippen molar-refractivity contribution in [1.29, 1.82) is 0 Å². The highest BCUT2D eigenvalue weighted by Gasteiger charge is 2.37. The number of anilines is 2. The molecule has 0 atom stereocenters. The summed E-state index contributed by atoms with van der Waals surface area (Å²) in [7, 11) is 3.09. The minimum Gasteiger partial charge on any atom is -0.497 e. The first-order valence-corrected chi connectivity index (χ1v) is 6.36. The van der Waals surface area contributed by atoms with Gasteiger partial charge < -0.3 is 9.47 Å². The topological polar surface area (TPSA) is 55.8 Å². The first-order chi connectivity index (χ1) is 10.2. The molecule has 106 valence electrons. The molecule has 0 radical (unpaired) electrons. The van der Waals surface area contributed by atoms with Crippen LogP contribution in [0.3, 0.4) is 0 Å². The fraction of sp³-hybridized carbons (Fsp3) is 0.125. The van der Waals surface area contributed by atoms with Crippen LogP contribution in [0.5, 0.6) is 11.5 Å². The van der Waals surface area contributed by atoms with E-state index in [4.69, 9.17) is 9.47 Å². The largest absolute Gasteiger partial charge is 0.497 e. The average Bonchev–Trinajstić information content (AvgIpc) is 2.78. The molecule has 0 aliphatic carbocycles. The van der Waals surface area contributed by atoms with Crippen LogP contribution in [0.25, 0.3) is 0 Å². The molecule has 0 N–H and O–H groups in total. The summed E-state index contributed by atoms with van der Waals surface area (Å²) in [4.78, 5) is 25.7. The van der Waals surface area contributed by atoms with E-state index in [1.807, 2.05) is 0 Å². The van der Waals surface area contributed by atoms with Crippen molar-refractivity contribution in [2.45, 2.75) is 0 Å². The lowest BCUT2D eigenvalue weighted by atomic mass is 10.1. The Bertz CT molecular complexity index is 722. The lowest BCUT2D eigenvalue weighted by Crippen LogP contribution is -2.24. The molecule has 1 aliphatic rings. The molecule has 0 aromatic heterocycles. The molecule has 1 heterocycles. The SMILES string of the molecule is COc1ccc(N2C(=O)C(=O)c3cc(OC)ccc32)cc1. The first kappa shape index (κ1) is 13.2. The number of hydrogen-bond acceptors (Lipinski definition) is 4. The second kappa shape index (κ2) is 4.94. The molecule has 5 nitrogen and oxygen atoms in total. The standard InChI is InChI=1S/C16H13NO4/c1-20-11-5-3-10(4-6-11)17-14-8-7-12(21-2)9-13(14)15(18)16(17)19/h3-9H,1-2H3. The maximum atomic E-state index is 12.2. The molecular weight excluding hydrogens is 270 g/mol. The number of benzene rings is 2. The zero-order valence-corrected chi connectivity index (χ0v) is 11.6. The summed E-state index contributed by atoms with van der Waals surface area (Å²) in [6.07, 6.45) is 0. The van der Waals surface area contributed by atoms with Gasteiger partial charge in [0.15, 0.2) is 0 Å². The molecule has 21 heavy (non-hydrogen) atoms. The van der Waals surface area contributed by atoms with E-state index < -0.39 is 11.7 Å². The van der Waals surface area contributed by atoms with E-state index in [2.05, 4.69) is 0 Å². The van der Waals surface area contributed by atoms with E-state index in [9.17, 15) is 9.59 Å². The average molecular weight is 283 g/mol. The van der Waals surface area contributed by atoms with Crippen LogP contribution >= 0.6 is 0 Å². The number of rotatable bonds is 3. The van der Waals surface area contributed by atoms with Crippen LogP contribution in [-0.4, -0.2) is 25.9 Å². The van der Waals surface area contributed by atoms with Crippen molar-refractivity contribution in [2.24, 2.45) is 0 Å². The van der Waals surface area contributed by atoms with Gasteiger partial charge in [-0.15, -0.1) is 0 Å². The number of fused-ring (bicyclic) bond motifs is 1. The third-order valence-electron chi connectivity index (χ3n) is 3.42. The van der Waals surface area contributed by atoms with Gasteiger partial charge >= 0.3 is 5.91 Å². The number of ketones is 1. The molecule has 0 saturated heterocycles. The minimum atomic E-state index is -0.566. The maximum absolute atomic E-state index is 12.2. The normalized spacial score (nSPS) is 13.3. The van der Waals surface area contributed by atoms with Gasteiger partial charge in [0.1, 0.15) is 11.5 Å². The molecule has 0 spiro atoms. The summed E-state index contributed by atoms with van der Waals surface area (Å²) in [5, 5.41) is 0. The number of amides is 1. The van der Waals surface area contributed by atoms with Gasteiger partial charge in [0.05, 0.1) is 25.5 Å². The summed E-state index contributed by atoms with van der Waals surface area (Å²) >= 11 is 0. The number of ether oxygens (including phenoxy) is 2. The van der Waals surface area contributed by atoms with Crippen molar-refractivity contribution in [2.75, 3.05) is 19.1 Å². The van der Waals surface area contributed by atoms with Crippen LogP contribution in [0.4, 0.5) is 11.4 Å². The molecule has 0 fully saturated rings. The molecule has 0 bridgehead atoms. The molecule has 3 rings (SSSR count). The van der Waals surface area contributed by atoms with Gasteiger partial charge in [-0.05, 0) is 42.5 Å². The first-order valence-electron chi connectivity index (χ1n) is 6.36. The van der Waals surface area contributed by atoms with Crippen LogP contribution in [0.2, 0.25) is 0 Å². The van der Waals surface area contributed by atoms with Gasteiger partial charge in [-0.25, -0.2) is 0 Å². The summed E-state index contributed by atoms with van der Waals surface area (Å²) in [6.45, 7) is 0. The van der Waals surface area contributed by atoms with E-state index >= 15 is 0 Å². The molecular formula is C16H13NO4. The van der Waals surface area contributed by atoms with Crippen molar-refractivity contribution in [1.82, 2.24) is 0 Å². The van der Waals surface area contributed by atoms with Crippen molar-refractivity contribution >= 4 is 23.1 Å². The van der Waals surface area contributed by atoms with Crippen molar-refractivity contribution in [3.8, 4) is 11.5 Å². The third-order valence-corrected chi connectivity index (χ3v) is 3.42. The molecule has 5 heteroatoms. The van der Waals surface area contributed by atoms with Gasteiger partial charge in [-0.2, -0.15) is 0 Å². The van der Waals surface area contributed by atoms with Crippen LogP contribution in [0.15, 0.2) is 42.5 Å². The van der Waals surface area contributed by atoms with Crippen LogP contribution in [0, 0.1) is 0 Å². The Kier molecular flexibility index (Phi) is 3.10. The fourth-order valence-corrected chi connectivity index (χ4v) is 2.33. The zero-order chi connectivity index (χ0) is 15.0. The molecule has 1 amide bonds. The monoisotopic (exact) mass is 283 g/mol. The second-order valence-electron chi connectivity index (χ2n) is 4.55. The quantitative estimate of drug-likeness (QED) is 0.812. The number of carbonyl (C=O) groups excluding carboxylic acids is 2. The summed E-state index contributed by atoms with van der Waals surface area (Å²) < 4.78 is 10.2. The molecule has 1 aliphatic heterocycles. The highest BCUT2D eigenvalue weighted by atomic mass is 16.5. The molecule has 2 aromatic rings. The smallest absolute Gasteiger partial charge is 0.304 e. The highest BCUT2D eigenvalue weighted by molar-refractivity contribution is 6.53. The van der Waals surface area contributed by atoms with E-state index in [1.54, 1.807) is 49.6 Å². The molecule has 2 aromatic carbocycles. The lowest BCUT2D eigenvalue weighted by molar-refractivity contribution is -0.113. The van der Waals surface area contributed by atoms with Gasteiger partial charge in [0, 0.05) is 5.69 Å². The van der Waals surface area contributed by atoms with Crippen LogP contribution in [0.1, 0.15) is 10.4 Å². The number of carbonyl (C=O) groups is 2. The number of methoxy groups -OCH3 is 2. The predicted molar refractivity (Wildman–Crippen MR) is 77.5 cm³/mol. The van der Waals surface area contributed by atoms with Gasteiger partial charge in [-0.1, -0.05) is 0 Å². The molecule has 0 saturated carbocycles. The third kappa shape index (κ3) is 2.03. The van der Waals surface area contributed by atoms with Crippen molar-refractivity contribution < 1.29 is 19.1 Å². The number of nitrogens with zero attached hydrogens (tertiary/aromatic N) is 1. The Balaban J connectivity index is 2.08. The summed E-state index contributed by atoms with van der Waals surface area (Å²) in [5.74, 6) is 0.140. The summed E-state index contributed by atoms with van der Waals surface area (Å²) in [6, 6.07) is 12.0. The Morgan fingerprint density at radius 3 is 2.10 bits per heavy atom. The lowest BCUT2D eigenvalue weighted by Gasteiger charge is -2.17. The van der Waals surface area contributed by atoms with E-state index in [1.165, 1.54) is 12.0 Å². The summed E-state index contributed by atoms with van der Waals surface area (Å²) in [5.41, 5.74) is 1.55. The second-order valence-corrected chi connectivity index (χ2v) is 4.55. The van der Waals surface area contributed by atoms with Crippen molar-refractivity contribution in [3.05, 3.63) is 48.0 Å². The maximum Gasteiger partial charge on any atom is 0.304 e. The molecule has 0 unspecified atom stereocenters. The Hall–Kier alpha value is -2.82. The highest BCUT2D eigenvalue weighted by Crippen LogP contribution is 2.37. The Labute approximate surface area is 121 Å². The Morgan fingerprint density at radius 1 is 0.857 bits per heavy atom. The van der Waals surface area contributed by atoms with Crippen LogP contribution in [-0.2, 0) is 4.79 Å². The number of Topliss-reactive ketones (excluding diaryl/α,β-unsaturated/α-hetero) is 1. The van der Waals surface area contributed by atoms with Gasteiger partial charge in [0.25, 0.3) is 5.78 Å². The van der Waals surface area contributed by atoms with Crippen molar-refractivity contribution in [3.63, 3.8) is 0 Å². The van der Waals surface area contributed by atoms with Gasteiger partial charge in [0.2, 0.25) is 0 Å². The van der Waals surface area contributed by atoms with E-state index in [-0.39, 0.29) is 0 Å².